The third-order valence-electron chi connectivity index (χ3n) is 6.73. The lowest BCUT2D eigenvalue weighted by Gasteiger charge is -2.32. The predicted octanol–water partition coefficient (Wildman–Crippen LogP) is 4.98. The van der Waals surface area contributed by atoms with E-state index in [1.54, 1.807) is 6.20 Å². The third-order valence-corrected chi connectivity index (χ3v) is 6.73. The lowest BCUT2D eigenvalue weighted by molar-refractivity contribution is -0.158. The van der Waals surface area contributed by atoms with E-state index in [1.807, 2.05) is 78.9 Å². The number of rotatable bonds is 8. The van der Waals surface area contributed by atoms with Crippen molar-refractivity contribution < 1.29 is 19.4 Å². The van der Waals surface area contributed by atoms with Gasteiger partial charge in [-0.15, -0.1) is 0 Å². The second kappa shape index (κ2) is 9.64. The number of ether oxygens (including phenoxy) is 1. The number of esters is 1. The first kappa shape index (κ1) is 22.1. The summed E-state index contributed by atoms with van der Waals surface area (Å²) in [4.78, 5) is 31.2. The molecule has 1 aliphatic carbocycles. The van der Waals surface area contributed by atoms with Crippen molar-refractivity contribution in [2.24, 2.45) is 11.8 Å². The smallest absolute Gasteiger partial charge is 0.339 e. The first-order valence-electron chi connectivity index (χ1n) is 11.8. The molecule has 172 valence electrons. The summed E-state index contributed by atoms with van der Waals surface area (Å²) in [6, 6.07) is 25.0. The van der Waals surface area contributed by atoms with Crippen LogP contribution in [-0.4, -0.2) is 27.9 Å². The van der Waals surface area contributed by atoms with Crippen LogP contribution in [0, 0.1) is 11.8 Å². The summed E-state index contributed by atoms with van der Waals surface area (Å²) in [5, 5.41) is 11.1. The molecule has 3 aromatic rings. The van der Waals surface area contributed by atoms with Crippen molar-refractivity contribution in [2.45, 2.75) is 37.7 Å². The van der Waals surface area contributed by atoms with E-state index < -0.39 is 23.6 Å². The molecule has 34 heavy (non-hydrogen) atoms. The number of cyclic esters (lactones) is 1. The van der Waals surface area contributed by atoms with Crippen molar-refractivity contribution >= 4 is 11.8 Å². The van der Waals surface area contributed by atoms with Gasteiger partial charge in [-0.25, -0.2) is 4.79 Å². The Hall–Kier alpha value is -3.73. The zero-order valence-electron chi connectivity index (χ0n) is 18.8. The number of Topliss-reactive ketones (excluding diaryl/α,β-unsaturated/α-hetero) is 1. The summed E-state index contributed by atoms with van der Waals surface area (Å²) in [5.74, 6) is -2.02. The molecule has 5 nitrogen and oxygen atoms in total. The van der Waals surface area contributed by atoms with E-state index in [1.165, 1.54) is 0 Å². The molecule has 0 bridgehead atoms. The lowest BCUT2D eigenvalue weighted by Crippen LogP contribution is -2.43. The van der Waals surface area contributed by atoms with Crippen molar-refractivity contribution in [3.63, 3.8) is 0 Å². The van der Waals surface area contributed by atoms with Crippen LogP contribution in [0.15, 0.2) is 96.4 Å². The van der Waals surface area contributed by atoms with Gasteiger partial charge in [0.1, 0.15) is 0 Å². The second-order valence-electron chi connectivity index (χ2n) is 9.15. The Morgan fingerprint density at radius 1 is 0.882 bits per heavy atom. The summed E-state index contributed by atoms with van der Waals surface area (Å²) in [6.45, 7) is 0. The molecule has 3 atom stereocenters. The first-order valence-corrected chi connectivity index (χ1v) is 11.8. The van der Waals surface area contributed by atoms with Crippen molar-refractivity contribution in [1.82, 2.24) is 4.98 Å². The number of carbonyl (C=O) groups excluding carboxylic acids is 2. The largest absolute Gasteiger partial charge is 0.504 e. The van der Waals surface area contributed by atoms with E-state index in [0.29, 0.717) is 12.8 Å². The van der Waals surface area contributed by atoms with Gasteiger partial charge in [0, 0.05) is 23.7 Å². The topological polar surface area (TPSA) is 76.5 Å². The Labute approximate surface area is 199 Å². The lowest BCUT2D eigenvalue weighted by atomic mass is 9.81. The highest BCUT2D eigenvalue weighted by atomic mass is 16.6. The van der Waals surface area contributed by atoms with Crippen molar-refractivity contribution in [3.8, 4) is 0 Å². The number of aliphatic hydroxyl groups is 1. The minimum atomic E-state index is -1.06. The van der Waals surface area contributed by atoms with E-state index in [4.69, 9.17) is 4.74 Å². The quantitative estimate of drug-likeness (QED) is 0.487. The van der Waals surface area contributed by atoms with E-state index in [2.05, 4.69) is 4.98 Å². The zero-order valence-corrected chi connectivity index (χ0v) is 18.8. The molecule has 3 unspecified atom stereocenters. The summed E-state index contributed by atoms with van der Waals surface area (Å²) in [5.41, 5.74) is 2.86. The van der Waals surface area contributed by atoms with Crippen LogP contribution in [0.2, 0.25) is 0 Å². The van der Waals surface area contributed by atoms with Crippen LogP contribution in [0.25, 0.3) is 0 Å². The highest BCUT2D eigenvalue weighted by Crippen LogP contribution is 2.48. The molecular weight excluding hydrogens is 426 g/mol. The number of ketones is 1. The maximum absolute atomic E-state index is 13.5. The Morgan fingerprint density at radius 2 is 1.56 bits per heavy atom. The van der Waals surface area contributed by atoms with Crippen molar-refractivity contribution in [2.75, 3.05) is 0 Å². The van der Waals surface area contributed by atoms with E-state index >= 15 is 0 Å². The van der Waals surface area contributed by atoms with Gasteiger partial charge in [0.15, 0.2) is 11.9 Å². The van der Waals surface area contributed by atoms with Gasteiger partial charge in [-0.1, -0.05) is 66.7 Å². The van der Waals surface area contributed by atoms with Gasteiger partial charge in [-0.3, -0.25) is 9.78 Å². The average Bonchev–Trinajstić information content (AvgIpc) is 3.71. The Bertz CT molecular complexity index is 1150. The Balaban J connectivity index is 1.48. The zero-order chi connectivity index (χ0) is 23.5. The summed E-state index contributed by atoms with van der Waals surface area (Å²) in [6.07, 6.45) is 3.53. The minimum Gasteiger partial charge on any atom is -0.504 e. The maximum atomic E-state index is 13.5. The second-order valence-corrected chi connectivity index (χ2v) is 9.15. The van der Waals surface area contributed by atoms with Gasteiger partial charge < -0.3 is 9.84 Å². The number of hydrogen-bond acceptors (Lipinski definition) is 5. The number of hydrogen-bond donors (Lipinski definition) is 1. The highest BCUT2D eigenvalue weighted by Gasteiger charge is 2.47. The van der Waals surface area contributed by atoms with Gasteiger partial charge in [0.2, 0.25) is 5.78 Å². The maximum Gasteiger partial charge on any atom is 0.339 e. The molecule has 0 saturated heterocycles. The standard InChI is InChI=1S/C29H27NO4/c31-26-25(24(21-14-15-21)20-11-5-2-6-12-20)29(33)34-28(27(26)32)22(17-19-9-3-1-4-10-19)18-23-13-7-8-16-30-23/h1-13,16,21-22,24,28,31H,14-15,17-18H2. The van der Waals surface area contributed by atoms with Gasteiger partial charge in [-0.05, 0) is 54.9 Å². The molecule has 0 radical (unpaired) electrons. The summed E-state index contributed by atoms with van der Waals surface area (Å²) < 4.78 is 5.83. The minimum absolute atomic E-state index is 0.103. The van der Waals surface area contributed by atoms with Crippen LogP contribution in [0.5, 0.6) is 0 Å². The molecule has 1 N–H and O–H groups in total. The fourth-order valence-corrected chi connectivity index (χ4v) is 4.94. The monoisotopic (exact) mass is 453 g/mol. The number of aliphatic hydroxyl groups excluding tert-OH is 1. The van der Waals surface area contributed by atoms with Crippen LogP contribution in [-0.2, 0) is 27.2 Å². The van der Waals surface area contributed by atoms with E-state index in [-0.39, 0.29) is 23.3 Å². The Morgan fingerprint density at radius 3 is 2.21 bits per heavy atom. The van der Waals surface area contributed by atoms with Gasteiger partial charge in [-0.2, -0.15) is 0 Å². The molecule has 2 heterocycles. The number of carbonyl (C=O) groups is 2. The van der Waals surface area contributed by atoms with Crippen molar-refractivity contribution in [3.05, 3.63) is 113 Å². The fraction of sp³-hybridized carbons (Fsp3) is 0.276. The van der Waals surface area contributed by atoms with Crippen LogP contribution in [0.1, 0.15) is 35.6 Å². The number of pyridine rings is 1. The van der Waals surface area contributed by atoms with E-state index in [9.17, 15) is 14.7 Å². The van der Waals surface area contributed by atoms with Crippen LogP contribution >= 0.6 is 0 Å². The number of benzene rings is 2. The van der Waals surface area contributed by atoms with Gasteiger partial charge >= 0.3 is 5.97 Å². The number of nitrogens with zero attached hydrogens (tertiary/aromatic N) is 1. The average molecular weight is 454 g/mol. The summed E-state index contributed by atoms with van der Waals surface area (Å²) >= 11 is 0. The molecule has 0 spiro atoms. The summed E-state index contributed by atoms with van der Waals surface area (Å²) in [7, 11) is 0. The van der Waals surface area contributed by atoms with Crippen LogP contribution in [0.4, 0.5) is 0 Å². The molecule has 1 aromatic heterocycles. The molecule has 5 rings (SSSR count). The fourth-order valence-electron chi connectivity index (χ4n) is 4.94. The Kier molecular flexibility index (Phi) is 6.26. The SMILES string of the molecule is O=C1OC(C(Cc2ccccc2)Cc2ccccn2)C(=O)C(O)=C1C(c1ccccc1)C1CC1. The third kappa shape index (κ3) is 4.65. The molecule has 5 heteroatoms. The van der Waals surface area contributed by atoms with E-state index in [0.717, 1.165) is 29.7 Å². The van der Waals surface area contributed by atoms with Gasteiger partial charge in [0.05, 0.1) is 5.57 Å². The van der Waals surface area contributed by atoms with Crippen LogP contribution < -0.4 is 0 Å². The van der Waals surface area contributed by atoms with Crippen LogP contribution in [0.3, 0.4) is 0 Å². The molecule has 2 aliphatic rings. The molecule has 1 fully saturated rings. The molecule has 1 aliphatic heterocycles. The van der Waals surface area contributed by atoms with Gasteiger partial charge in [0.25, 0.3) is 0 Å². The molecule has 2 aromatic carbocycles. The molecule has 0 amide bonds. The molecule has 1 saturated carbocycles. The molecular formula is C29H27NO4. The first-order chi connectivity index (χ1) is 16.6. The predicted molar refractivity (Wildman–Crippen MR) is 128 cm³/mol. The van der Waals surface area contributed by atoms with Crippen molar-refractivity contribution in [1.29, 1.82) is 0 Å². The number of aromatic nitrogens is 1. The normalized spacial score (nSPS) is 20.1. The highest BCUT2D eigenvalue weighted by molar-refractivity contribution is 6.09.